The molecule has 136 valence electrons. The van der Waals surface area contributed by atoms with Crippen molar-refractivity contribution in [2.75, 3.05) is 17.2 Å². The summed E-state index contributed by atoms with van der Waals surface area (Å²) in [6.45, 7) is 6.21. The van der Waals surface area contributed by atoms with E-state index >= 15 is 0 Å². The Morgan fingerprint density at radius 2 is 1.96 bits per heavy atom. The maximum absolute atomic E-state index is 12.6. The number of para-hydroxylation sites is 2. The van der Waals surface area contributed by atoms with Crippen LogP contribution in [0.1, 0.15) is 18.1 Å². The molecule has 0 aliphatic rings. The number of nitrogens with one attached hydrogen (secondary N) is 2. The van der Waals surface area contributed by atoms with Crippen molar-refractivity contribution in [2.24, 2.45) is 0 Å². The number of amides is 1. The van der Waals surface area contributed by atoms with Crippen molar-refractivity contribution in [3.8, 4) is 0 Å². The van der Waals surface area contributed by atoms with Gasteiger partial charge in [-0.15, -0.1) is 0 Å². The van der Waals surface area contributed by atoms with Gasteiger partial charge in [0.05, 0.1) is 17.1 Å². The Hall–Kier alpha value is -2.86. The van der Waals surface area contributed by atoms with Crippen LogP contribution in [0.2, 0.25) is 0 Å². The predicted molar refractivity (Wildman–Crippen MR) is 104 cm³/mol. The van der Waals surface area contributed by atoms with Crippen molar-refractivity contribution < 1.29 is 9.90 Å². The fraction of sp³-hybridized carbons (Fsp3) is 0.300. The molecule has 1 aromatic heterocycles. The third-order valence-corrected chi connectivity index (χ3v) is 4.39. The smallest absolute Gasteiger partial charge is 0.244 e. The lowest BCUT2D eigenvalue weighted by molar-refractivity contribution is -0.116. The number of aliphatic hydroxyl groups excluding tert-OH is 1. The van der Waals surface area contributed by atoms with Crippen LogP contribution < -0.4 is 10.6 Å². The van der Waals surface area contributed by atoms with Crippen LogP contribution in [0, 0.1) is 13.8 Å². The first-order valence-corrected chi connectivity index (χ1v) is 8.69. The summed E-state index contributed by atoms with van der Waals surface area (Å²) in [6.07, 6.45) is -0.507. The number of aliphatic hydroxyl groups is 1. The standard InChI is InChI=1S/C20H24N4O2/c1-13-7-6-9-16(15(13)3)22-19(26)12-24-18-10-5-4-8-17(18)23-20(24)21-11-14(2)25/h4-10,14,25H,11-12H2,1-3H3,(H,21,23)(H,22,26)/t14-/m1/s1. The molecule has 3 rings (SSSR count). The Labute approximate surface area is 152 Å². The van der Waals surface area contributed by atoms with Gasteiger partial charge >= 0.3 is 0 Å². The van der Waals surface area contributed by atoms with Crippen molar-refractivity contribution >= 4 is 28.6 Å². The largest absolute Gasteiger partial charge is 0.392 e. The fourth-order valence-corrected chi connectivity index (χ4v) is 2.83. The molecule has 26 heavy (non-hydrogen) atoms. The first kappa shape index (κ1) is 17.9. The van der Waals surface area contributed by atoms with Gasteiger partial charge in [0.15, 0.2) is 0 Å². The third-order valence-electron chi connectivity index (χ3n) is 4.39. The van der Waals surface area contributed by atoms with Gasteiger partial charge in [0.1, 0.15) is 6.54 Å². The van der Waals surface area contributed by atoms with Gasteiger partial charge < -0.3 is 20.3 Å². The zero-order valence-corrected chi connectivity index (χ0v) is 15.3. The summed E-state index contributed by atoms with van der Waals surface area (Å²) in [5.74, 6) is 0.449. The number of anilines is 2. The van der Waals surface area contributed by atoms with Gasteiger partial charge in [0.25, 0.3) is 0 Å². The van der Waals surface area contributed by atoms with Crippen LogP contribution in [0.15, 0.2) is 42.5 Å². The first-order chi connectivity index (χ1) is 12.5. The zero-order valence-electron chi connectivity index (χ0n) is 15.3. The predicted octanol–water partition coefficient (Wildman–Crippen LogP) is 3.08. The summed E-state index contributed by atoms with van der Waals surface area (Å²) in [6, 6.07) is 13.5. The van der Waals surface area contributed by atoms with Gasteiger partial charge in [-0.2, -0.15) is 0 Å². The molecule has 0 spiro atoms. The van der Waals surface area contributed by atoms with Crippen molar-refractivity contribution in [1.29, 1.82) is 0 Å². The van der Waals surface area contributed by atoms with Gasteiger partial charge in [0.2, 0.25) is 11.9 Å². The van der Waals surface area contributed by atoms with Gasteiger partial charge in [-0.05, 0) is 50.1 Å². The van der Waals surface area contributed by atoms with E-state index in [1.165, 1.54) is 0 Å². The van der Waals surface area contributed by atoms with E-state index in [1.54, 1.807) is 6.92 Å². The molecule has 2 aromatic carbocycles. The first-order valence-electron chi connectivity index (χ1n) is 8.69. The molecule has 0 saturated carbocycles. The summed E-state index contributed by atoms with van der Waals surface area (Å²) in [5.41, 5.74) is 4.69. The van der Waals surface area contributed by atoms with Crippen LogP contribution in [-0.4, -0.2) is 33.2 Å². The molecule has 0 unspecified atom stereocenters. The number of hydrogen-bond acceptors (Lipinski definition) is 4. The molecular formula is C20H24N4O2. The van der Waals surface area contributed by atoms with Crippen LogP contribution in [0.3, 0.4) is 0 Å². The van der Waals surface area contributed by atoms with Crippen molar-refractivity contribution in [1.82, 2.24) is 9.55 Å². The molecule has 0 bridgehead atoms. The number of fused-ring (bicyclic) bond motifs is 1. The quantitative estimate of drug-likeness (QED) is 0.637. The molecule has 1 heterocycles. The maximum atomic E-state index is 12.6. The number of hydrogen-bond donors (Lipinski definition) is 3. The second kappa shape index (κ2) is 7.58. The number of aryl methyl sites for hydroxylation is 1. The minimum Gasteiger partial charge on any atom is -0.392 e. The molecule has 0 radical (unpaired) electrons. The molecule has 0 fully saturated rings. The Kier molecular flexibility index (Phi) is 5.23. The Balaban J connectivity index is 1.85. The summed E-state index contributed by atoms with van der Waals surface area (Å²) in [7, 11) is 0. The van der Waals surface area contributed by atoms with E-state index in [-0.39, 0.29) is 12.5 Å². The van der Waals surface area contributed by atoms with Crippen molar-refractivity contribution in [2.45, 2.75) is 33.4 Å². The monoisotopic (exact) mass is 352 g/mol. The number of imidazole rings is 1. The van der Waals surface area contributed by atoms with E-state index in [2.05, 4.69) is 15.6 Å². The van der Waals surface area contributed by atoms with Gasteiger partial charge in [-0.1, -0.05) is 24.3 Å². The summed E-state index contributed by atoms with van der Waals surface area (Å²) in [5, 5.41) is 15.6. The molecule has 3 aromatic rings. The van der Waals surface area contributed by atoms with Gasteiger partial charge in [-0.3, -0.25) is 4.79 Å². The normalized spacial score (nSPS) is 12.2. The van der Waals surface area contributed by atoms with Crippen LogP contribution in [0.5, 0.6) is 0 Å². The van der Waals surface area contributed by atoms with Crippen LogP contribution >= 0.6 is 0 Å². The molecule has 3 N–H and O–H groups in total. The maximum Gasteiger partial charge on any atom is 0.244 e. The fourth-order valence-electron chi connectivity index (χ4n) is 2.83. The molecule has 0 saturated heterocycles. The van der Waals surface area contributed by atoms with Crippen molar-refractivity contribution in [3.63, 3.8) is 0 Å². The highest BCUT2D eigenvalue weighted by Crippen LogP contribution is 2.21. The molecule has 1 amide bonds. The number of nitrogens with zero attached hydrogens (tertiary/aromatic N) is 2. The average Bonchev–Trinajstić information content (AvgIpc) is 2.95. The highest BCUT2D eigenvalue weighted by Gasteiger charge is 2.14. The lowest BCUT2D eigenvalue weighted by Gasteiger charge is -2.13. The lowest BCUT2D eigenvalue weighted by atomic mass is 10.1. The Bertz CT molecular complexity index is 931. The van der Waals surface area contributed by atoms with Crippen LogP contribution in [-0.2, 0) is 11.3 Å². The molecular weight excluding hydrogens is 328 g/mol. The SMILES string of the molecule is Cc1cccc(NC(=O)Cn2c(NC[C@@H](C)O)nc3ccccc32)c1C. The molecule has 6 nitrogen and oxygen atoms in total. The summed E-state index contributed by atoms with van der Waals surface area (Å²) < 4.78 is 1.83. The minimum atomic E-state index is -0.507. The Morgan fingerprint density at radius 3 is 2.73 bits per heavy atom. The van der Waals surface area contributed by atoms with E-state index in [0.29, 0.717) is 12.5 Å². The highest BCUT2D eigenvalue weighted by molar-refractivity contribution is 5.93. The highest BCUT2D eigenvalue weighted by atomic mass is 16.3. The molecule has 0 aliphatic heterocycles. The molecule has 0 aliphatic carbocycles. The van der Waals surface area contributed by atoms with Crippen LogP contribution in [0.4, 0.5) is 11.6 Å². The number of carbonyl (C=O) groups is 1. The number of aromatic nitrogens is 2. The van der Waals surface area contributed by atoms with Crippen molar-refractivity contribution in [3.05, 3.63) is 53.6 Å². The Morgan fingerprint density at radius 1 is 1.19 bits per heavy atom. The van der Waals surface area contributed by atoms with Crippen LogP contribution in [0.25, 0.3) is 11.0 Å². The van der Waals surface area contributed by atoms with E-state index in [4.69, 9.17) is 0 Å². The second-order valence-electron chi connectivity index (χ2n) is 6.54. The minimum absolute atomic E-state index is 0.123. The van der Waals surface area contributed by atoms with E-state index in [0.717, 1.165) is 27.8 Å². The van der Waals surface area contributed by atoms with E-state index < -0.39 is 6.10 Å². The number of rotatable bonds is 6. The summed E-state index contributed by atoms with van der Waals surface area (Å²) >= 11 is 0. The van der Waals surface area contributed by atoms with Gasteiger partial charge in [0, 0.05) is 12.2 Å². The molecule has 6 heteroatoms. The number of benzene rings is 2. The zero-order chi connectivity index (χ0) is 18.7. The van der Waals surface area contributed by atoms with E-state index in [1.807, 2.05) is 60.9 Å². The second-order valence-corrected chi connectivity index (χ2v) is 6.54. The third kappa shape index (κ3) is 3.86. The number of carbonyl (C=O) groups excluding carboxylic acids is 1. The average molecular weight is 352 g/mol. The van der Waals surface area contributed by atoms with E-state index in [9.17, 15) is 9.90 Å². The lowest BCUT2D eigenvalue weighted by Crippen LogP contribution is -2.23. The summed E-state index contributed by atoms with van der Waals surface area (Å²) in [4.78, 5) is 17.2. The molecule has 1 atom stereocenters. The van der Waals surface area contributed by atoms with Gasteiger partial charge in [-0.25, -0.2) is 4.98 Å². The topological polar surface area (TPSA) is 79.2 Å².